The van der Waals surface area contributed by atoms with E-state index in [1.54, 1.807) is 24.8 Å². The van der Waals surface area contributed by atoms with Gasteiger partial charge in [-0.05, 0) is 41.7 Å². The highest BCUT2D eigenvalue weighted by molar-refractivity contribution is 5.81. The Hall–Kier alpha value is -4.07. The largest absolute Gasteiger partial charge is 0.461 e. The number of aromatic nitrogens is 3. The van der Waals surface area contributed by atoms with Gasteiger partial charge in [-0.1, -0.05) is 75.9 Å². The molecular formula is C32H46FN5O4. The monoisotopic (exact) mass is 583 g/mol. The maximum absolute atomic E-state index is 13.3. The molecule has 2 aromatic carbocycles. The van der Waals surface area contributed by atoms with Crippen LogP contribution in [0, 0.1) is 18.7 Å². The van der Waals surface area contributed by atoms with Crippen molar-refractivity contribution in [3.63, 3.8) is 0 Å². The zero-order chi connectivity index (χ0) is 31.8. The number of aliphatic hydroxyl groups is 1. The Bertz CT molecular complexity index is 1120. The summed E-state index contributed by atoms with van der Waals surface area (Å²) in [7, 11) is 1.00. The lowest BCUT2D eigenvalue weighted by Gasteiger charge is -2.25. The lowest BCUT2D eigenvalue weighted by Crippen LogP contribution is -2.36. The fourth-order valence-electron chi connectivity index (χ4n) is 3.84. The summed E-state index contributed by atoms with van der Waals surface area (Å²) in [4.78, 5) is 26.9. The Balaban J connectivity index is 0.00000108. The smallest absolute Gasteiger partial charge is 0.302 e. The van der Waals surface area contributed by atoms with Gasteiger partial charge < -0.3 is 15.6 Å². The number of terminal acetylenes is 1. The standard InChI is InChI=1S/C23H29FN2O3.C6H11N3.C2H2.CH4O/c1-3-4-5-6-21(18-9-7-17(8-10-18)15-29-16(2)27)26-22(23(25)28)19-11-13-20(24)14-12-19;1-2-3-4-9-6-7-5-8-9;2*1-2/h7-14,21-22,26H,3-6,15H2,1-2H3,(H2,25,28);5-6H,2-4H2,1H3;1-2H;2H,1H3. The summed E-state index contributed by atoms with van der Waals surface area (Å²) in [6, 6.07) is 12.7. The second-order valence-electron chi connectivity index (χ2n) is 9.14. The molecular weight excluding hydrogens is 537 g/mol. The van der Waals surface area contributed by atoms with Crippen molar-refractivity contribution in [2.75, 3.05) is 7.11 Å². The third-order valence-electron chi connectivity index (χ3n) is 5.98. The van der Waals surface area contributed by atoms with Gasteiger partial charge in [0.05, 0.1) is 0 Å². The number of carbonyl (C=O) groups is 2. The van der Waals surface area contributed by atoms with Gasteiger partial charge in [-0.15, -0.1) is 12.8 Å². The fourth-order valence-corrected chi connectivity index (χ4v) is 3.84. The molecule has 0 radical (unpaired) electrons. The number of primary amides is 1. The van der Waals surface area contributed by atoms with E-state index in [0.29, 0.717) is 5.56 Å². The first kappa shape index (κ1) is 37.9. The Labute approximate surface area is 249 Å². The number of unbranched alkanes of at least 4 members (excludes halogenated alkanes) is 3. The molecule has 1 heterocycles. The Kier molecular flexibility index (Phi) is 21.3. The molecule has 2 unspecified atom stereocenters. The second-order valence-corrected chi connectivity index (χ2v) is 9.14. The summed E-state index contributed by atoms with van der Waals surface area (Å²) in [5, 5.41) is 14.3. The summed E-state index contributed by atoms with van der Waals surface area (Å²) in [6.07, 6.45) is 17.7. The maximum atomic E-state index is 13.3. The Morgan fingerprint density at radius 1 is 1.00 bits per heavy atom. The van der Waals surface area contributed by atoms with E-state index in [4.69, 9.17) is 15.6 Å². The van der Waals surface area contributed by atoms with Crippen LogP contribution in [0.5, 0.6) is 0 Å². The molecule has 0 aliphatic rings. The van der Waals surface area contributed by atoms with Crippen LogP contribution in [0.3, 0.4) is 0 Å². The number of carbonyl (C=O) groups excluding carboxylic acids is 2. The van der Waals surface area contributed by atoms with Gasteiger partial charge in [0.1, 0.15) is 31.1 Å². The predicted molar refractivity (Wildman–Crippen MR) is 163 cm³/mol. The van der Waals surface area contributed by atoms with Crippen LogP contribution in [0.4, 0.5) is 4.39 Å². The van der Waals surface area contributed by atoms with Gasteiger partial charge in [0.25, 0.3) is 0 Å². The van der Waals surface area contributed by atoms with Crippen LogP contribution in [0.15, 0.2) is 61.2 Å². The van der Waals surface area contributed by atoms with Gasteiger partial charge in [-0.25, -0.2) is 9.37 Å². The number of benzene rings is 2. The van der Waals surface area contributed by atoms with Crippen LogP contribution in [0.2, 0.25) is 0 Å². The van der Waals surface area contributed by atoms with Crippen LogP contribution < -0.4 is 11.1 Å². The first-order chi connectivity index (χ1) is 20.3. The molecule has 42 heavy (non-hydrogen) atoms. The quantitative estimate of drug-likeness (QED) is 0.134. The maximum Gasteiger partial charge on any atom is 0.302 e. The van der Waals surface area contributed by atoms with Crippen molar-refractivity contribution in [1.29, 1.82) is 0 Å². The van der Waals surface area contributed by atoms with Crippen molar-refractivity contribution in [3.05, 3.63) is 83.7 Å². The van der Waals surface area contributed by atoms with Gasteiger partial charge in [0, 0.05) is 26.6 Å². The van der Waals surface area contributed by atoms with E-state index in [-0.39, 0.29) is 24.4 Å². The molecule has 0 aliphatic carbocycles. The molecule has 0 saturated carbocycles. The summed E-state index contributed by atoms with van der Waals surface area (Å²) < 4.78 is 20.1. The molecule has 3 aromatic rings. The number of amides is 1. The predicted octanol–water partition coefficient (Wildman–Crippen LogP) is 5.26. The number of hydrogen-bond acceptors (Lipinski definition) is 7. The number of hydrogen-bond donors (Lipinski definition) is 3. The SMILES string of the molecule is C#C.CCCCCC(NC(C(N)=O)c1ccc(F)cc1)c1ccc(COC(C)=O)cc1.CCCCn1cncn1.CO. The summed E-state index contributed by atoms with van der Waals surface area (Å²) in [5.41, 5.74) is 8.17. The van der Waals surface area contributed by atoms with Gasteiger partial charge in [0.2, 0.25) is 5.91 Å². The van der Waals surface area contributed by atoms with E-state index in [1.807, 2.05) is 28.9 Å². The summed E-state index contributed by atoms with van der Waals surface area (Å²) in [5.74, 6) is -1.19. The zero-order valence-electron chi connectivity index (χ0n) is 25.2. The van der Waals surface area contributed by atoms with Crippen LogP contribution in [0.25, 0.3) is 0 Å². The number of esters is 1. The molecule has 1 amide bonds. The van der Waals surface area contributed by atoms with Crippen molar-refractivity contribution in [2.45, 2.75) is 84.5 Å². The topological polar surface area (TPSA) is 132 Å². The zero-order valence-corrected chi connectivity index (χ0v) is 25.2. The normalized spacial score (nSPS) is 11.2. The van der Waals surface area contributed by atoms with Gasteiger partial charge >= 0.3 is 5.97 Å². The second kappa shape index (κ2) is 23.6. The number of rotatable bonds is 14. The van der Waals surface area contributed by atoms with Crippen LogP contribution in [-0.4, -0.2) is 38.9 Å². The van der Waals surface area contributed by atoms with E-state index in [2.05, 4.69) is 42.1 Å². The molecule has 3 rings (SSSR count). The minimum atomic E-state index is -0.719. The van der Waals surface area contributed by atoms with E-state index < -0.39 is 11.9 Å². The Morgan fingerprint density at radius 3 is 2.10 bits per heavy atom. The highest BCUT2D eigenvalue weighted by Crippen LogP contribution is 2.25. The van der Waals surface area contributed by atoms with E-state index in [9.17, 15) is 14.0 Å². The van der Waals surface area contributed by atoms with E-state index >= 15 is 0 Å². The fraction of sp³-hybridized carbons (Fsp3) is 0.438. The molecule has 0 saturated heterocycles. The number of aryl methyl sites for hydroxylation is 1. The van der Waals surface area contributed by atoms with Crippen molar-refractivity contribution >= 4 is 11.9 Å². The first-order valence-electron chi connectivity index (χ1n) is 14.0. The van der Waals surface area contributed by atoms with E-state index in [0.717, 1.165) is 50.5 Å². The molecule has 4 N–H and O–H groups in total. The number of ether oxygens (including phenoxy) is 1. The van der Waals surface area contributed by atoms with Crippen molar-refractivity contribution in [2.24, 2.45) is 5.73 Å². The minimum absolute atomic E-state index is 0.0909. The molecule has 1 aromatic heterocycles. The third-order valence-corrected chi connectivity index (χ3v) is 5.98. The molecule has 9 nitrogen and oxygen atoms in total. The molecule has 0 bridgehead atoms. The molecule has 10 heteroatoms. The summed E-state index contributed by atoms with van der Waals surface area (Å²) >= 11 is 0. The minimum Gasteiger partial charge on any atom is -0.461 e. The number of aliphatic hydroxyl groups excluding tert-OH is 1. The van der Waals surface area contributed by atoms with Crippen molar-refractivity contribution < 1.29 is 23.8 Å². The van der Waals surface area contributed by atoms with Crippen molar-refractivity contribution in [1.82, 2.24) is 20.1 Å². The first-order valence-corrected chi connectivity index (χ1v) is 14.0. The van der Waals surface area contributed by atoms with Gasteiger partial charge in [-0.3, -0.25) is 19.6 Å². The highest BCUT2D eigenvalue weighted by atomic mass is 19.1. The van der Waals surface area contributed by atoms with Crippen LogP contribution >= 0.6 is 0 Å². The highest BCUT2D eigenvalue weighted by Gasteiger charge is 2.23. The Morgan fingerprint density at radius 2 is 1.60 bits per heavy atom. The molecule has 0 fully saturated rings. The summed E-state index contributed by atoms with van der Waals surface area (Å²) in [6.45, 7) is 6.90. The molecule has 230 valence electrons. The van der Waals surface area contributed by atoms with Crippen molar-refractivity contribution in [3.8, 4) is 12.8 Å². The molecule has 0 spiro atoms. The average Bonchev–Trinajstić information content (AvgIpc) is 3.54. The average molecular weight is 584 g/mol. The van der Waals surface area contributed by atoms with Gasteiger partial charge in [0.15, 0.2) is 0 Å². The van der Waals surface area contributed by atoms with E-state index in [1.165, 1.54) is 31.9 Å². The lowest BCUT2D eigenvalue weighted by molar-refractivity contribution is -0.142. The molecule has 2 atom stereocenters. The van der Waals surface area contributed by atoms with Crippen LogP contribution in [-0.2, 0) is 27.5 Å². The number of nitrogens with one attached hydrogen (secondary N) is 1. The molecule has 0 aliphatic heterocycles. The lowest BCUT2D eigenvalue weighted by atomic mass is 9.96. The van der Waals surface area contributed by atoms with Gasteiger partial charge in [-0.2, -0.15) is 5.10 Å². The number of nitrogens with zero attached hydrogens (tertiary/aromatic N) is 3. The van der Waals surface area contributed by atoms with Crippen LogP contribution in [0.1, 0.15) is 88.1 Å². The number of nitrogens with two attached hydrogens (primary N) is 1. The number of halogens is 1. The third kappa shape index (κ3) is 15.6.